The van der Waals surface area contributed by atoms with Crippen LogP contribution in [0.1, 0.15) is 18.5 Å². The third kappa shape index (κ3) is 3.15. The minimum atomic E-state index is 0.208. The minimum Gasteiger partial charge on any atom is -0.497 e. The van der Waals surface area contributed by atoms with E-state index in [1.165, 1.54) is 0 Å². The zero-order chi connectivity index (χ0) is 13.7. The number of ether oxygens (including phenoxy) is 2. The van der Waals surface area contributed by atoms with Crippen LogP contribution in [-0.4, -0.2) is 39.8 Å². The van der Waals surface area contributed by atoms with Gasteiger partial charge >= 0.3 is 0 Å². The van der Waals surface area contributed by atoms with Crippen molar-refractivity contribution in [3.05, 3.63) is 23.8 Å². The average molecular weight is 252 g/mol. The molecule has 2 atom stereocenters. The van der Waals surface area contributed by atoms with Crippen LogP contribution in [0.3, 0.4) is 0 Å². The summed E-state index contributed by atoms with van der Waals surface area (Å²) < 4.78 is 10.7. The second-order valence-corrected chi connectivity index (χ2v) is 4.73. The molecule has 0 fully saturated rings. The molecular weight excluding hydrogens is 228 g/mol. The van der Waals surface area contributed by atoms with Crippen LogP contribution < -0.4 is 15.2 Å². The first-order chi connectivity index (χ1) is 8.54. The zero-order valence-electron chi connectivity index (χ0n) is 11.9. The highest BCUT2D eigenvalue weighted by Crippen LogP contribution is 2.35. The molecule has 4 heteroatoms. The van der Waals surface area contributed by atoms with Crippen LogP contribution in [0, 0.1) is 5.92 Å². The van der Waals surface area contributed by atoms with Crippen LogP contribution in [0.4, 0.5) is 0 Å². The number of rotatable bonds is 6. The van der Waals surface area contributed by atoms with Crippen LogP contribution in [0.2, 0.25) is 0 Å². The van der Waals surface area contributed by atoms with Crippen LogP contribution >= 0.6 is 0 Å². The van der Waals surface area contributed by atoms with Gasteiger partial charge in [-0.2, -0.15) is 0 Å². The topological polar surface area (TPSA) is 47.7 Å². The fourth-order valence-electron chi connectivity index (χ4n) is 2.29. The molecule has 2 unspecified atom stereocenters. The quantitative estimate of drug-likeness (QED) is 0.840. The highest BCUT2D eigenvalue weighted by Gasteiger charge is 2.24. The zero-order valence-corrected chi connectivity index (χ0v) is 11.9. The molecule has 0 heterocycles. The Morgan fingerprint density at radius 3 is 2.33 bits per heavy atom. The second-order valence-electron chi connectivity index (χ2n) is 4.73. The summed E-state index contributed by atoms with van der Waals surface area (Å²) in [5, 5.41) is 0. The molecule has 0 saturated heterocycles. The number of hydrogen-bond acceptors (Lipinski definition) is 4. The molecule has 0 bridgehead atoms. The van der Waals surface area contributed by atoms with Gasteiger partial charge in [-0.15, -0.1) is 0 Å². The van der Waals surface area contributed by atoms with E-state index in [1.807, 2.05) is 18.2 Å². The fraction of sp³-hybridized carbons (Fsp3) is 0.571. The molecule has 0 aliphatic carbocycles. The number of benzene rings is 1. The molecule has 1 aromatic rings. The number of methoxy groups -OCH3 is 2. The maximum Gasteiger partial charge on any atom is 0.123 e. The van der Waals surface area contributed by atoms with E-state index in [1.54, 1.807) is 14.2 Å². The molecule has 0 aromatic heterocycles. The average Bonchev–Trinajstić information content (AvgIpc) is 2.38. The Labute approximate surface area is 110 Å². The van der Waals surface area contributed by atoms with Gasteiger partial charge in [0.15, 0.2) is 0 Å². The maximum atomic E-state index is 5.81. The van der Waals surface area contributed by atoms with Gasteiger partial charge in [-0.1, -0.05) is 6.92 Å². The van der Waals surface area contributed by atoms with E-state index in [2.05, 4.69) is 25.9 Å². The summed E-state index contributed by atoms with van der Waals surface area (Å²) in [7, 11) is 7.46. The van der Waals surface area contributed by atoms with Crippen LogP contribution in [-0.2, 0) is 0 Å². The van der Waals surface area contributed by atoms with Gasteiger partial charge in [-0.3, -0.25) is 0 Å². The van der Waals surface area contributed by atoms with Crippen molar-refractivity contribution in [2.24, 2.45) is 11.7 Å². The predicted molar refractivity (Wildman–Crippen MR) is 74.2 cm³/mol. The van der Waals surface area contributed by atoms with Gasteiger partial charge < -0.3 is 20.1 Å². The Hall–Kier alpha value is -1.26. The van der Waals surface area contributed by atoms with Gasteiger partial charge in [0.1, 0.15) is 11.5 Å². The Balaban J connectivity index is 3.24. The van der Waals surface area contributed by atoms with Gasteiger partial charge in [0.2, 0.25) is 0 Å². The molecule has 102 valence electrons. The molecule has 0 saturated carbocycles. The van der Waals surface area contributed by atoms with Crippen LogP contribution in [0.15, 0.2) is 18.2 Å². The van der Waals surface area contributed by atoms with E-state index in [9.17, 15) is 0 Å². The van der Waals surface area contributed by atoms with E-state index < -0.39 is 0 Å². The van der Waals surface area contributed by atoms with Crippen LogP contribution in [0.5, 0.6) is 11.5 Å². The molecule has 2 N–H and O–H groups in total. The molecule has 1 aromatic carbocycles. The number of nitrogens with zero attached hydrogens (tertiary/aromatic N) is 1. The standard InChI is InChI=1S/C14H24N2O2/c1-10(9-15)14(16(2)3)12-8-11(17-4)6-7-13(12)18-5/h6-8,10,14H,9,15H2,1-5H3. The summed E-state index contributed by atoms with van der Waals surface area (Å²) in [5.74, 6) is 2.04. The monoisotopic (exact) mass is 252 g/mol. The lowest BCUT2D eigenvalue weighted by molar-refractivity contribution is 0.221. The lowest BCUT2D eigenvalue weighted by atomic mass is 9.92. The molecule has 18 heavy (non-hydrogen) atoms. The van der Waals surface area contributed by atoms with Crippen molar-refractivity contribution < 1.29 is 9.47 Å². The van der Waals surface area contributed by atoms with Gasteiger partial charge in [0, 0.05) is 11.6 Å². The molecule has 0 amide bonds. The Bertz CT molecular complexity index is 380. The lowest BCUT2D eigenvalue weighted by Gasteiger charge is -2.31. The first-order valence-electron chi connectivity index (χ1n) is 6.13. The molecule has 4 nitrogen and oxygen atoms in total. The minimum absolute atomic E-state index is 0.208. The van der Waals surface area contributed by atoms with Crippen molar-refractivity contribution in [3.63, 3.8) is 0 Å². The first-order valence-corrected chi connectivity index (χ1v) is 6.13. The van der Waals surface area contributed by atoms with Crippen molar-refractivity contribution in [3.8, 4) is 11.5 Å². The predicted octanol–water partition coefficient (Wildman–Crippen LogP) is 1.90. The Kier molecular flexibility index (Phi) is 5.44. The highest BCUT2D eigenvalue weighted by molar-refractivity contribution is 5.42. The van der Waals surface area contributed by atoms with Crippen molar-refractivity contribution in [2.75, 3.05) is 34.9 Å². The Morgan fingerprint density at radius 1 is 1.22 bits per heavy atom. The summed E-state index contributed by atoms with van der Waals surface area (Å²) >= 11 is 0. The van der Waals surface area contributed by atoms with Gasteiger partial charge in [0.05, 0.1) is 14.2 Å². The van der Waals surface area contributed by atoms with E-state index in [4.69, 9.17) is 15.2 Å². The van der Waals surface area contributed by atoms with E-state index >= 15 is 0 Å². The summed E-state index contributed by atoms with van der Waals surface area (Å²) in [6.45, 7) is 2.77. The molecule has 0 spiro atoms. The van der Waals surface area contributed by atoms with Gasteiger partial charge in [0.25, 0.3) is 0 Å². The van der Waals surface area contributed by atoms with E-state index in [0.29, 0.717) is 12.5 Å². The van der Waals surface area contributed by atoms with E-state index in [0.717, 1.165) is 17.1 Å². The van der Waals surface area contributed by atoms with Crippen molar-refractivity contribution in [2.45, 2.75) is 13.0 Å². The van der Waals surface area contributed by atoms with Gasteiger partial charge in [-0.05, 0) is 44.8 Å². The second kappa shape index (κ2) is 6.61. The summed E-state index contributed by atoms with van der Waals surface area (Å²) in [6.07, 6.45) is 0. The Morgan fingerprint density at radius 2 is 1.89 bits per heavy atom. The third-order valence-electron chi connectivity index (χ3n) is 3.22. The first kappa shape index (κ1) is 14.8. The van der Waals surface area contributed by atoms with Crippen molar-refractivity contribution >= 4 is 0 Å². The molecule has 1 rings (SSSR count). The SMILES string of the molecule is COc1ccc(OC)c(C(C(C)CN)N(C)C)c1. The largest absolute Gasteiger partial charge is 0.497 e. The highest BCUT2D eigenvalue weighted by atomic mass is 16.5. The molecular formula is C14H24N2O2. The fourth-order valence-corrected chi connectivity index (χ4v) is 2.29. The molecule has 0 aliphatic rings. The van der Waals surface area contributed by atoms with Crippen molar-refractivity contribution in [1.82, 2.24) is 4.90 Å². The molecule has 0 radical (unpaired) electrons. The summed E-state index contributed by atoms with van der Waals surface area (Å²) in [5.41, 5.74) is 6.92. The number of hydrogen-bond donors (Lipinski definition) is 1. The summed E-state index contributed by atoms with van der Waals surface area (Å²) in [6, 6.07) is 6.08. The third-order valence-corrected chi connectivity index (χ3v) is 3.22. The van der Waals surface area contributed by atoms with Gasteiger partial charge in [-0.25, -0.2) is 0 Å². The normalized spacial score (nSPS) is 14.4. The smallest absolute Gasteiger partial charge is 0.123 e. The number of nitrogens with two attached hydrogens (primary N) is 1. The van der Waals surface area contributed by atoms with Crippen molar-refractivity contribution in [1.29, 1.82) is 0 Å². The van der Waals surface area contributed by atoms with Crippen LogP contribution in [0.25, 0.3) is 0 Å². The maximum absolute atomic E-state index is 5.81. The van der Waals surface area contributed by atoms with E-state index in [-0.39, 0.29) is 6.04 Å². The lowest BCUT2D eigenvalue weighted by Crippen LogP contribution is -2.30. The summed E-state index contributed by atoms with van der Waals surface area (Å²) in [4.78, 5) is 2.16. The molecule has 0 aliphatic heterocycles.